The first-order chi connectivity index (χ1) is 7.17. The molecule has 0 spiro atoms. The van der Waals surface area contributed by atoms with E-state index in [1.807, 2.05) is 0 Å². The summed E-state index contributed by atoms with van der Waals surface area (Å²) >= 11 is 5.28. The first-order valence-corrected chi connectivity index (χ1v) is 5.83. The van der Waals surface area contributed by atoms with Crippen LogP contribution in [0.5, 0.6) is 0 Å². The molecule has 1 unspecified atom stereocenters. The van der Waals surface area contributed by atoms with Crippen LogP contribution in [0.15, 0.2) is 0 Å². The highest BCUT2D eigenvalue weighted by atomic mass is 32.1. The zero-order valence-electron chi connectivity index (χ0n) is 9.25. The molecule has 4 nitrogen and oxygen atoms in total. The summed E-state index contributed by atoms with van der Waals surface area (Å²) in [4.78, 5) is 0. The Kier molecular flexibility index (Phi) is 2.93. The predicted molar refractivity (Wildman–Crippen MR) is 60.5 cm³/mol. The summed E-state index contributed by atoms with van der Waals surface area (Å²) in [6.45, 7) is 5.88. The minimum absolute atomic E-state index is 0.00537. The van der Waals surface area contributed by atoms with Crippen LogP contribution in [0.1, 0.15) is 32.5 Å². The molecule has 0 bridgehead atoms. The summed E-state index contributed by atoms with van der Waals surface area (Å²) in [5.74, 6) is 1.05. The van der Waals surface area contributed by atoms with Gasteiger partial charge in [0.1, 0.15) is 5.82 Å². The molecule has 84 valence electrons. The van der Waals surface area contributed by atoms with E-state index in [4.69, 9.17) is 17.0 Å². The lowest BCUT2D eigenvalue weighted by Gasteiger charge is -2.25. The van der Waals surface area contributed by atoms with Crippen molar-refractivity contribution in [3.05, 3.63) is 10.6 Å². The minimum atomic E-state index is -0.00537. The number of ether oxygens (including phenoxy) is 1. The van der Waals surface area contributed by atoms with E-state index < -0.39 is 0 Å². The van der Waals surface area contributed by atoms with Crippen molar-refractivity contribution in [1.82, 2.24) is 14.8 Å². The maximum atomic E-state index is 5.46. The fourth-order valence-electron chi connectivity index (χ4n) is 2.11. The van der Waals surface area contributed by atoms with Gasteiger partial charge in [0.15, 0.2) is 4.77 Å². The molecule has 2 rings (SSSR count). The second kappa shape index (κ2) is 4.06. The Bertz CT molecular complexity index is 390. The monoisotopic (exact) mass is 227 g/mol. The molecule has 1 N–H and O–H groups in total. The van der Waals surface area contributed by atoms with E-state index in [9.17, 15) is 0 Å². The van der Waals surface area contributed by atoms with Crippen molar-refractivity contribution in [3.8, 4) is 0 Å². The summed E-state index contributed by atoms with van der Waals surface area (Å²) < 4.78 is 8.32. The number of aryl methyl sites for hydroxylation is 1. The molecule has 0 radical (unpaired) electrons. The van der Waals surface area contributed by atoms with E-state index >= 15 is 0 Å². The molecule has 1 aromatic rings. The Morgan fingerprint density at radius 2 is 2.47 bits per heavy atom. The second-order valence-electron chi connectivity index (χ2n) is 4.33. The Labute approximate surface area is 94.6 Å². The number of nitrogens with one attached hydrogen (secondary N) is 1. The summed E-state index contributed by atoms with van der Waals surface area (Å²) in [6.07, 6.45) is 3.05. The quantitative estimate of drug-likeness (QED) is 0.803. The van der Waals surface area contributed by atoms with Gasteiger partial charge in [-0.05, 0) is 32.0 Å². The van der Waals surface area contributed by atoms with Gasteiger partial charge in [0, 0.05) is 13.0 Å². The van der Waals surface area contributed by atoms with Crippen LogP contribution >= 0.6 is 12.2 Å². The number of aromatic amines is 1. The predicted octanol–water partition coefficient (Wildman–Crippen LogP) is 2.03. The van der Waals surface area contributed by atoms with Gasteiger partial charge in [-0.3, -0.25) is 9.67 Å². The number of aromatic nitrogens is 3. The second-order valence-corrected chi connectivity index (χ2v) is 4.72. The Morgan fingerprint density at radius 1 is 1.67 bits per heavy atom. The maximum absolute atomic E-state index is 5.46. The zero-order valence-corrected chi connectivity index (χ0v) is 10.1. The molecule has 2 heterocycles. The molecule has 1 fully saturated rings. The van der Waals surface area contributed by atoms with Crippen molar-refractivity contribution >= 4 is 12.2 Å². The Morgan fingerprint density at radius 3 is 3.07 bits per heavy atom. The van der Waals surface area contributed by atoms with Crippen molar-refractivity contribution in [3.63, 3.8) is 0 Å². The van der Waals surface area contributed by atoms with E-state index in [-0.39, 0.29) is 5.54 Å². The van der Waals surface area contributed by atoms with Crippen LogP contribution < -0.4 is 0 Å². The van der Waals surface area contributed by atoms with Crippen LogP contribution in [-0.2, 0) is 16.7 Å². The topological polar surface area (TPSA) is 42.8 Å². The van der Waals surface area contributed by atoms with E-state index in [1.165, 1.54) is 0 Å². The van der Waals surface area contributed by atoms with Crippen molar-refractivity contribution in [2.45, 2.75) is 38.6 Å². The summed E-state index contributed by atoms with van der Waals surface area (Å²) in [5, 5.41) is 7.17. The molecule has 1 saturated heterocycles. The minimum Gasteiger partial charge on any atom is -0.379 e. The van der Waals surface area contributed by atoms with Gasteiger partial charge in [0.2, 0.25) is 0 Å². The SMILES string of the molecule is CCCc1n[nH]c(=S)n1C1(C)CCOC1. The van der Waals surface area contributed by atoms with Crippen molar-refractivity contribution in [1.29, 1.82) is 0 Å². The highest BCUT2D eigenvalue weighted by molar-refractivity contribution is 7.71. The molecule has 5 heteroatoms. The summed E-state index contributed by atoms with van der Waals surface area (Å²) in [6, 6.07) is 0. The molecule has 0 amide bonds. The highest BCUT2D eigenvalue weighted by Crippen LogP contribution is 2.28. The van der Waals surface area contributed by atoms with Crippen LogP contribution in [0.3, 0.4) is 0 Å². The third-order valence-corrected chi connectivity index (χ3v) is 3.23. The van der Waals surface area contributed by atoms with Crippen LogP contribution in [0, 0.1) is 4.77 Å². The lowest BCUT2D eigenvalue weighted by molar-refractivity contribution is 0.159. The molecule has 1 aromatic heterocycles. The van der Waals surface area contributed by atoms with Gasteiger partial charge in [-0.2, -0.15) is 5.10 Å². The van der Waals surface area contributed by atoms with Crippen molar-refractivity contribution in [2.24, 2.45) is 0 Å². The molecule has 1 atom stereocenters. The standard InChI is InChI=1S/C10H17N3OS/c1-3-4-8-11-12-9(15)13(8)10(2)5-6-14-7-10/h3-7H2,1-2H3,(H,12,15). The molecule has 1 aliphatic rings. The van der Waals surface area contributed by atoms with E-state index in [1.54, 1.807) is 0 Å². The average Bonchev–Trinajstić information content (AvgIpc) is 2.75. The third-order valence-electron chi connectivity index (χ3n) is 2.95. The number of hydrogen-bond acceptors (Lipinski definition) is 3. The van der Waals surface area contributed by atoms with Gasteiger partial charge in [-0.25, -0.2) is 0 Å². The van der Waals surface area contributed by atoms with Gasteiger partial charge >= 0.3 is 0 Å². The van der Waals surface area contributed by atoms with Gasteiger partial charge in [0.25, 0.3) is 0 Å². The lowest BCUT2D eigenvalue weighted by atomic mass is 10.0. The summed E-state index contributed by atoms with van der Waals surface area (Å²) in [5.41, 5.74) is -0.00537. The van der Waals surface area contributed by atoms with Crippen molar-refractivity contribution < 1.29 is 4.74 Å². The Hall–Kier alpha value is -0.680. The number of hydrogen-bond donors (Lipinski definition) is 1. The third kappa shape index (κ3) is 1.86. The number of rotatable bonds is 3. The first kappa shape index (κ1) is 10.8. The normalized spacial score (nSPS) is 26.0. The lowest BCUT2D eigenvalue weighted by Crippen LogP contribution is -2.32. The smallest absolute Gasteiger partial charge is 0.195 e. The van der Waals surface area contributed by atoms with Crippen LogP contribution in [0.4, 0.5) is 0 Å². The fraction of sp³-hybridized carbons (Fsp3) is 0.800. The maximum Gasteiger partial charge on any atom is 0.195 e. The largest absolute Gasteiger partial charge is 0.379 e. The van der Waals surface area contributed by atoms with Crippen LogP contribution in [-0.4, -0.2) is 28.0 Å². The molecule has 1 aliphatic heterocycles. The number of H-pyrrole nitrogens is 1. The molecule has 0 aliphatic carbocycles. The average molecular weight is 227 g/mol. The molecular weight excluding hydrogens is 210 g/mol. The van der Waals surface area contributed by atoms with E-state index in [0.717, 1.165) is 38.3 Å². The summed E-state index contributed by atoms with van der Waals surface area (Å²) in [7, 11) is 0. The van der Waals surface area contributed by atoms with Gasteiger partial charge in [-0.1, -0.05) is 6.92 Å². The van der Waals surface area contributed by atoms with Gasteiger partial charge in [-0.15, -0.1) is 0 Å². The molecule has 15 heavy (non-hydrogen) atoms. The zero-order chi connectivity index (χ0) is 10.9. The fourth-order valence-corrected chi connectivity index (χ4v) is 2.48. The molecule has 0 aromatic carbocycles. The van der Waals surface area contributed by atoms with Gasteiger partial charge in [0.05, 0.1) is 12.1 Å². The number of nitrogens with zero attached hydrogens (tertiary/aromatic N) is 2. The van der Waals surface area contributed by atoms with Gasteiger partial charge < -0.3 is 4.74 Å². The van der Waals surface area contributed by atoms with Crippen LogP contribution in [0.2, 0.25) is 0 Å². The van der Waals surface area contributed by atoms with Crippen LogP contribution in [0.25, 0.3) is 0 Å². The molecular formula is C10H17N3OS. The highest BCUT2D eigenvalue weighted by Gasteiger charge is 2.34. The van der Waals surface area contributed by atoms with E-state index in [0.29, 0.717) is 4.77 Å². The van der Waals surface area contributed by atoms with E-state index in [2.05, 4.69) is 28.6 Å². The molecule has 0 saturated carbocycles. The Balaban J connectivity index is 2.41. The first-order valence-electron chi connectivity index (χ1n) is 5.42. The van der Waals surface area contributed by atoms with Crippen molar-refractivity contribution in [2.75, 3.05) is 13.2 Å².